The first kappa shape index (κ1) is 12.9. The number of thiophene rings is 1. The highest BCUT2D eigenvalue weighted by Gasteiger charge is 2.11. The topological polar surface area (TPSA) is 56.7 Å². The van der Waals surface area contributed by atoms with Gasteiger partial charge in [0.2, 0.25) is 5.89 Å². The zero-order valence-corrected chi connectivity index (χ0v) is 13.1. The molecule has 0 spiro atoms. The highest BCUT2D eigenvalue weighted by atomic mass is 79.9. The van der Waals surface area contributed by atoms with Gasteiger partial charge < -0.3 is 8.98 Å². The fourth-order valence-corrected chi connectivity index (χ4v) is 3.53. The van der Waals surface area contributed by atoms with Gasteiger partial charge in [-0.3, -0.25) is 0 Å². The zero-order chi connectivity index (χ0) is 13.2. The first-order valence-corrected chi connectivity index (χ1v) is 8.00. The van der Waals surface area contributed by atoms with Crippen LogP contribution in [0.15, 0.2) is 37.9 Å². The molecule has 0 aliphatic rings. The minimum absolute atomic E-state index is 0.561. The number of halogens is 1. The molecule has 0 N–H and O–H groups in total. The number of imidazole rings is 1. The van der Waals surface area contributed by atoms with Crippen LogP contribution in [-0.4, -0.2) is 19.7 Å². The summed E-state index contributed by atoms with van der Waals surface area (Å²) in [5, 5.41) is 9.03. The molecule has 5 nitrogen and oxygen atoms in total. The van der Waals surface area contributed by atoms with E-state index in [1.54, 1.807) is 29.3 Å². The largest absolute Gasteiger partial charge is 0.419 e. The molecule has 3 aromatic heterocycles. The maximum atomic E-state index is 5.63. The van der Waals surface area contributed by atoms with Gasteiger partial charge in [0.1, 0.15) is 0 Å². The van der Waals surface area contributed by atoms with E-state index >= 15 is 0 Å². The Bertz CT molecular complexity index is 690. The number of nitrogens with zero attached hydrogens (tertiary/aromatic N) is 4. The summed E-state index contributed by atoms with van der Waals surface area (Å²) in [6.45, 7) is 0. The van der Waals surface area contributed by atoms with E-state index < -0.39 is 0 Å². The molecule has 0 unspecified atom stereocenters. The Kier molecular flexibility index (Phi) is 3.72. The molecule has 0 amide bonds. The number of thioether (sulfide) groups is 1. The molecular weight excluding hydrogens is 348 g/mol. The summed E-state index contributed by atoms with van der Waals surface area (Å²) in [6, 6.07) is 3.92. The van der Waals surface area contributed by atoms with Gasteiger partial charge in [-0.05, 0) is 28.1 Å². The second-order valence-corrected chi connectivity index (χ2v) is 7.12. The Hall–Kier alpha value is -1.12. The Balaban J connectivity index is 1.70. The van der Waals surface area contributed by atoms with E-state index in [9.17, 15) is 0 Å². The van der Waals surface area contributed by atoms with E-state index in [-0.39, 0.29) is 0 Å². The quantitative estimate of drug-likeness (QED) is 0.668. The van der Waals surface area contributed by atoms with Gasteiger partial charge in [-0.2, -0.15) is 0 Å². The number of hydrogen-bond acceptors (Lipinski definition) is 6. The van der Waals surface area contributed by atoms with E-state index in [1.807, 2.05) is 29.9 Å². The highest BCUT2D eigenvalue weighted by Crippen LogP contribution is 2.31. The van der Waals surface area contributed by atoms with Gasteiger partial charge in [0.25, 0.3) is 5.89 Å². The van der Waals surface area contributed by atoms with Crippen molar-refractivity contribution in [1.82, 2.24) is 19.7 Å². The average molecular weight is 357 g/mol. The van der Waals surface area contributed by atoms with Crippen molar-refractivity contribution in [3.63, 3.8) is 0 Å². The summed E-state index contributed by atoms with van der Waals surface area (Å²) in [6.07, 6.45) is 3.68. The molecule has 0 aliphatic heterocycles. The second kappa shape index (κ2) is 5.48. The van der Waals surface area contributed by atoms with Gasteiger partial charge in [0, 0.05) is 19.4 Å². The van der Waals surface area contributed by atoms with Crippen LogP contribution in [0.1, 0.15) is 5.89 Å². The average Bonchev–Trinajstić information content (AvgIpc) is 3.08. The molecule has 0 atom stereocenters. The van der Waals surface area contributed by atoms with Crippen molar-refractivity contribution in [1.29, 1.82) is 0 Å². The lowest BCUT2D eigenvalue weighted by Crippen LogP contribution is -1.89. The van der Waals surface area contributed by atoms with Gasteiger partial charge in [0.15, 0.2) is 5.16 Å². The van der Waals surface area contributed by atoms with Crippen molar-refractivity contribution in [3.8, 4) is 10.8 Å². The summed E-state index contributed by atoms with van der Waals surface area (Å²) < 4.78 is 8.63. The van der Waals surface area contributed by atoms with Gasteiger partial charge >= 0.3 is 0 Å². The standard InChI is InChI=1S/C11H9BrN4OS2/c1-16-5-4-13-11(16)18-6-9-14-15-10(17-9)7-2-3-8(12)19-7/h2-5H,6H2,1H3. The summed E-state index contributed by atoms with van der Waals surface area (Å²) in [5.41, 5.74) is 0. The Morgan fingerprint density at radius 1 is 1.42 bits per heavy atom. The lowest BCUT2D eigenvalue weighted by atomic mass is 10.5. The summed E-state index contributed by atoms with van der Waals surface area (Å²) >= 11 is 6.55. The van der Waals surface area contributed by atoms with Crippen molar-refractivity contribution in [2.75, 3.05) is 0 Å². The maximum Gasteiger partial charge on any atom is 0.257 e. The van der Waals surface area contributed by atoms with Gasteiger partial charge in [0.05, 0.1) is 14.4 Å². The van der Waals surface area contributed by atoms with Crippen LogP contribution in [-0.2, 0) is 12.8 Å². The molecule has 3 aromatic rings. The Morgan fingerprint density at radius 3 is 3.00 bits per heavy atom. The molecule has 8 heteroatoms. The van der Waals surface area contributed by atoms with E-state index in [4.69, 9.17) is 4.42 Å². The Morgan fingerprint density at radius 2 is 2.32 bits per heavy atom. The third-order valence-corrected chi connectivity index (χ3v) is 5.01. The van der Waals surface area contributed by atoms with E-state index in [2.05, 4.69) is 31.1 Å². The smallest absolute Gasteiger partial charge is 0.257 e. The van der Waals surface area contributed by atoms with Crippen LogP contribution in [0.25, 0.3) is 10.8 Å². The first-order valence-electron chi connectivity index (χ1n) is 5.40. The summed E-state index contributed by atoms with van der Waals surface area (Å²) in [7, 11) is 1.96. The van der Waals surface area contributed by atoms with Crippen LogP contribution in [0.2, 0.25) is 0 Å². The fraction of sp³-hybridized carbons (Fsp3) is 0.182. The molecule has 3 rings (SSSR count). The molecule has 98 valence electrons. The van der Waals surface area contributed by atoms with Crippen LogP contribution in [0.3, 0.4) is 0 Å². The molecular formula is C11H9BrN4OS2. The van der Waals surface area contributed by atoms with Crippen molar-refractivity contribution in [2.24, 2.45) is 7.05 Å². The van der Waals surface area contributed by atoms with Gasteiger partial charge in [-0.15, -0.1) is 21.5 Å². The van der Waals surface area contributed by atoms with E-state index in [1.165, 1.54) is 0 Å². The lowest BCUT2D eigenvalue weighted by molar-refractivity contribution is 0.529. The normalized spacial score (nSPS) is 11.1. The number of aromatic nitrogens is 4. The first-order chi connectivity index (χ1) is 9.22. The van der Waals surface area contributed by atoms with E-state index in [0.29, 0.717) is 17.5 Å². The van der Waals surface area contributed by atoms with Crippen LogP contribution in [0, 0.1) is 0 Å². The van der Waals surface area contributed by atoms with Gasteiger partial charge in [-0.1, -0.05) is 11.8 Å². The monoisotopic (exact) mass is 356 g/mol. The summed E-state index contributed by atoms with van der Waals surface area (Å²) in [4.78, 5) is 5.20. The lowest BCUT2D eigenvalue weighted by Gasteiger charge is -1.97. The number of hydrogen-bond donors (Lipinski definition) is 0. The molecule has 0 aromatic carbocycles. The molecule has 0 saturated heterocycles. The predicted octanol–water partition coefficient (Wildman–Crippen LogP) is 3.59. The third kappa shape index (κ3) is 2.90. The minimum atomic E-state index is 0.561. The van der Waals surface area contributed by atoms with Crippen molar-refractivity contribution in [3.05, 3.63) is 34.2 Å². The molecule has 0 bridgehead atoms. The van der Waals surface area contributed by atoms with Gasteiger partial charge in [-0.25, -0.2) is 4.98 Å². The molecule has 0 radical (unpaired) electrons. The number of rotatable bonds is 4. The third-order valence-electron chi connectivity index (χ3n) is 2.35. The van der Waals surface area contributed by atoms with Crippen LogP contribution >= 0.6 is 39.0 Å². The Labute approximate surface area is 126 Å². The summed E-state index contributed by atoms with van der Waals surface area (Å²) in [5.74, 6) is 1.78. The number of aryl methyl sites for hydroxylation is 1. The predicted molar refractivity (Wildman–Crippen MR) is 78.1 cm³/mol. The van der Waals surface area contributed by atoms with Crippen molar-refractivity contribution >= 4 is 39.0 Å². The SMILES string of the molecule is Cn1ccnc1SCc1nnc(-c2ccc(Br)s2)o1. The molecule has 0 fully saturated rings. The minimum Gasteiger partial charge on any atom is -0.419 e. The second-order valence-electron chi connectivity index (χ2n) is 3.71. The van der Waals surface area contributed by atoms with Crippen LogP contribution < -0.4 is 0 Å². The molecule has 19 heavy (non-hydrogen) atoms. The molecule has 3 heterocycles. The van der Waals surface area contributed by atoms with Crippen molar-refractivity contribution in [2.45, 2.75) is 10.9 Å². The van der Waals surface area contributed by atoms with Crippen LogP contribution in [0.5, 0.6) is 0 Å². The van der Waals surface area contributed by atoms with Crippen LogP contribution in [0.4, 0.5) is 0 Å². The molecule has 0 saturated carbocycles. The maximum absolute atomic E-state index is 5.63. The highest BCUT2D eigenvalue weighted by molar-refractivity contribution is 9.11. The van der Waals surface area contributed by atoms with E-state index in [0.717, 1.165) is 13.8 Å². The fourth-order valence-electron chi connectivity index (χ4n) is 1.46. The molecule has 0 aliphatic carbocycles. The van der Waals surface area contributed by atoms with Crippen molar-refractivity contribution < 1.29 is 4.42 Å². The zero-order valence-electron chi connectivity index (χ0n) is 9.91.